The van der Waals surface area contributed by atoms with E-state index in [2.05, 4.69) is 17.4 Å². The van der Waals surface area contributed by atoms with E-state index in [9.17, 15) is 14.4 Å². The number of nitrogens with zero attached hydrogens (tertiary/aromatic N) is 1. The predicted octanol–water partition coefficient (Wildman–Crippen LogP) is 4.65. The first kappa shape index (κ1) is 25.3. The molecule has 0 bridgehead atoms. The highest BCUT2D eigenvalue weighted by molar-refractivity contribution is 5.87. The Morgan fingerprint density at radius 1 is 1.03 bits per heavy atom. The number of amides is 2. The minimum absolute atomic E-state index is 0.0790. The van der Waals surface area contributed by atoms with Gasteiger partial charge in [-0.25, -0.2) is 4.79 Å². The lowest BCUT2D eigenvalue weighted by atomic mass is 9.85. The molecular formula is C27H34N2O5. The highest BCUT2D eigenvalue weighted by Crippen LogP contribution is 2.44. The lowest BCUT2D eigenvalue weighted by Crippen LogP contribution is -2.56. The summed E-state index contributed by atoms with van der Waals surface area (Å²) in [5.74, 6) is -1.38. The monoisotopic (exact) mass is 466 g/mol. The molecule has 7 nitrogen and oxygen atoms in total. The molecule has 34 heavy (non-hydrogen) atoms. The average molecular weight is 467 g/mol. The number of carbonyl (C=O) groups is 3. The largest absolute Gasteiger partial charge is 0.481 e. The van der Waals surface area contributed by atoms with Crippen molar-refractivity contribution in [2.24, 2.45) is 5.41 Å². The van der Waals surface area contributed by atoms with Gasteiger partial charge in [0.15, 0.2) is 0 Å². The molecule has 2 aromatic carbocycles. The van der Waals surface area contributed by atoms with Gasteiger partial charge in [-0.1, -0.05) is 69.3 Å². The van der Waals surface area contributed by atoms with Gasteiger partial charge in [0.1, 0.15) is 12.6 Å². The van der Waals surface area contributed by atoms with Gasteiger partial charge in [0.2, 0.25) is 5.91 Å². The second kappa shape index (κ2) is 10.3. The average Bonchev–Trinajstić information content (AvgIpc) is 3.09. The highest BCUT2D eigenvalue weighted by atomic mass is 16.5. The van der Waals surface area contributed by atoms with E-state index in [0.717, 1.165) is 22.3 Å². The van der Waals surface area contributed by atoms with Crippen molar-refractivity contribution in [2.45, 2.75) is 59.0 Å². The van der Waals surface area contributed by atoms with Gasteiger partial charge in [0.05, 0.1) is 6.42 Å². The van der Waals surface area contributed by atoms with E-state index >= 15 is 0 Å². The van der Waals surface area contributed by atoms with E-state index in [1.54, 1.807) is 13.8 Å². The SMILES string of the molecule is CCN(C(=O)C(NC(=O)OCC1c2ccccc2-c2ccccc21)C(C)(C)C)C(C)CC(=O)O. The third kappa shape index (κ3) is 5.41. The first-order chi connectivity index (χ1) is 16.0. The molecule has 0 aliphatic heterocycles. The maximum atomic E-state index is 13.3. The van der Waals surface area contributed by atoms with Crippen LogP contribution in [-0.2, 0) is 14.3 Å². The lowest BCUT2D eigenvalue weighted by Gasteiger charge is -2.36. The fraction of sp³-hybridized carbons (Fsp3) is 0.444. The van der Waals surface area contributed by atoms with E-state index in [4.69, 9.17) is 9.84 Å². The summed E-state index contributed by atoms with van der Waals surface area (Å²) in [4.78, 5) is 38.8. The van der Waals surface area contributed by atoms with Gasteiger partial charge in [-0.05, 0) is 41.5 Å². The van der Waals surface area contributed by atoms with Gasteiger partial charge in [0.25, 0.3) is 0 Å². The first-order valence-electron chi connectivity index (χ1n) is 11.7. The summed E-state index contributed by atoms with van der Waals surface area (Å²) in [5.41, 5.74) is 3.90. The normalized spacial score (nSPS) is 14.5. The van der Waals surface area contributed by atoms with Crippen molar-refractivity contribution in [3.8, 4) is 11.1 Å². The summed E-state index contributed by atoms with van der Waals surface area (Å²) < 4.78 is 5.64. The number of rotatable bonds is 8. The molecule has 0 heterocycles. The van der Waals surface area contributed by atoms with Crippen LogP contribution in [0.5, 0.6) is 0 Å². The number of hydrogen-bond donors (Lipinski definition) is 2. The quantitative estimate of drug-likeness (QED) is 0.590. The molecule has 7 heteroatoms. The topological polar surface area (TPSA) is 95.9 Å². The van der Waals surface area contributed by atoms with Crippen LogP contribution in [0.1, 0.15) is 58.1 Å². The van der Waals surface area contributed by atoms with Crippen molar-refractivity contribution in [3.63, 3.8) is 0 Å². The van der Waals surface area contributed by atoms with E-state index < -0.39 is 29.6 Å². The molecule has 182 valence electrons. The highest BCUT2D eigenvalue weighted by Gasteiger charge is 2.38. The number of aliphatic carboxylic acids is 1. The smallest absolute Gasteiger partial charge is 0.407 e. The zero-order chi connectivity index (χ0) is 25.0. The number of benzene rings is 2. The number of hydrogen-bond acceptors (Lipinski definition) is 4. The second-order valence-corrected chi connectivity index (χ2v) is 9.84. The van der Waals surface area contributed by atoms with E-state index in [1.165, 1.54) is 4.90 Å². The molecule has 2 unspecified atom stereocenters. The number of likely N-dealkylation sites (N-methyl/N-ethyl adjacent to an activating group) is 1. The number of ether oxygens (including phenoxy) is 1. The Hall–Kier alpha value is -3.35. The zero-order valence-electron chi connectivity index (χ0n) is 20.5. The van der Waals surface area contributed by atoms with Gasteiger partial charge in [-0.3, -0.25) is 9.59 Å². The Morgan fingerprint density at radius 3 is 2.03 bits per heavy atom. The lowest BCUT2D eigenvalue weighted by molar-refractivity contribution is -0.142. The molecule has 0 saturated heterocycles. The molecule has 1 aliphatic carbocycles. The standard InChI is InChI=1S/C27H34N2O5/c1-6-29(17(2)15-23(30)31)25(32)24(27(3,4)5)28-26(33)34-16-22-20-13-9-7-11-18(20)19-12-8-10-14-21(19)22/h7-14,17,22,24H,6,15-16H2,1-5H3,(H,28,33)(H,30,31). The van der Waals surface area contributed by atoms with Crippen LogP contribution in [0.15, 0.2) is 48.5 Å². The van der Waals surface area contributed by atoms with Crippen LogP contribution < -0.4 is 5.32 Å². The van der Waals surface area contributed by atoms with Crippen LogP contribution in [0.4, 0.5) is 4.79 Å². The summed E-state index contributed by atoms with van der Waals surface area (Å²) in [6.07, 6.45) is -0.835. The summed E-state index contributed by atoms with van der Waals surface area (Å²) in [7, 11) is 0. The molecule has 0 fully saturated rings. The fourth-order valence-corrected chi connectivity index (χ4v) is 4.62. The Kier molecular flexibility index (Phi) is 7.64. The molecule has 2 atom stereocenters. The van der Waals surface area contributed by atoms with Gasteiger partial charge < -0.3 is 20.1 Å². The van der Waals surface area contributed by atoms with Crippen molar-refractivity contribution in [1.82, 2.24) is 10.2 Å². The van der Waals surface area contributed by atoms with E-state index in [-0.39, 0.29) is 24.9 Å². The molecule has 0 aromatic heterocycles. The summed E-state index contributed by atoms with van der Waals surface area (Å²) in [6.45, 7) is 9.55. The van der Waals surface area contributed by atoms with Gasteiger partial charge in [0, 0.05) is 18.5 Å². The van der Waals surface area contributed by atoms with E-state index in [0.29, 0.717) is 6.54 Å². The summed E-state index contributed by atoms with van der Waals surface area (Å²) >= 11 is 0. The molecule has 3 rings (SSSR count). The maximum Gasteiger partial charge on any atom is 0.407 e. The maximum absolute atomic E-state index is 13.3. The van der Waals surface area contributed by atoms with Crippen molar-refractivity contribution in [1.29, 1.82) is 0 Å². The number of carboxylic acid groups (broad SMARTS) is 1. The van der Waals surface area contributed by atoms with Crippen LogP contribution in [-0.4, -0.2) is 53.2 Å². The van der Waals surface area contributed by atoms with Gasteiger partial charge >= 0.3 is 12.1 Å². The zero-order valence-corrected chi connectivity index (χ0v) is 20.5. The van der Waals surface area contributed by atoms with Crippen LogP contribution in [0.25, 0.3) is 11.1 Å². The number of fused-ring (bicyclic) bond motifs is 3. The molecule has 1 aliphatic rings. The second-order valence-electron chi connectivity index (χ2n) is 9.84. The van der Waals surface area contributed by atoms with Crippen molar-refractivity contribution in [2.75, 3.05) is 13.2 Å². The Bertz CT molecular complexity index is 1010. The van der Waals surface area contributed by atoms with Crippen LogP contribution in [0.2, 0.25) is 0 Å². The molecule has 2 aromatic rings. The Balaban J connectivity index is 1.73. The van der Waals surface area contributed by atoms with Gasteiger partial charge in [-0.2, -0.15) is 0 Å². The number of carbonyl (C=O) groups excluding carboxylic acids is 2. The fourth-order valence-electron chi connectivity index (χ4n) is 4.62. The number of alkyl carbamates (subject to hydrolysis) is 1. The third-order valence-corrected chi connectivity index (χ3v) is 6.34. The number of nitrogens with one attached hydrogen (secondary N) is 1. The first-order valence-corrected chi connectivity index (χ1v) is 11.7. The van der Waals surface area contributed by atoms with Gasteiger partial charge in [-0.15, -0.1) is 0 Å². The summed E-state index contributed by atoms with van der Waals surface area (Å²) in [5, 5.41) is 11.9. The van der Waals surface area contributed by atoms with Crippen molar-refractivity contribution < 1.29 is 24.2 Å². The molecule has 0 spiro atoms. The third-order valence-electron chi connectivity index (χ3n) is 6.34. The molecule has 2 amide bonds. The number of carboxylic acids is 1. The van der Waals surface area contributed by atoms with Crippen LogP contribution in [0, 0.1) is 5.41 Å². The Labute approximate surface area is 201 Å². The van der Waals surface area contributed by atoms with Crippen molar-refractivity contribution in [3.05, 3.63) is 59.7 Å². The molecule has 0 radical (unpaired) electrons. The van der Waals surface area contributed by atoms with Crippen LogP contribution >= 0.6 is 0 Å². The molecular weight excluding hydrogens is 432 g/mol. The van der Waals surface area contributed by atoms with Crippen molar-refractivity contribution >= 4 is 18.0 Å². The van der Waals surface area contributed by atoms with E-state index in [1.807, 2.05) is 57.2 Å². The minimum atomic E-state index is -0.976. The molecule has 2 N–H and O–H groups in total. The predicted molar refractivity (Wildman–Crippen MR) is 131 cm³/mol. The van der Waals surface area contributed by atoms with Crippen LogP contribution in [0.3, 0.4) is 0 Å². The Morgan fingerprint density at radius 2 is 1.56 bits per heavy atom. The summed E-state index contributed by atoms with van der Waals surface area (Å²) in [6, 6.07) is 14.8. The minimum Gasteiger partial charge on any atom is -0.481 e. The molecule has 0 saturated carbocycles.